The first-order chi connectivity index (χ1) is 8.95. The number of rotatable bonds is 5. The van der Waals surface area contributed by atoms with E-state index in [-0.39, 0.29) is 6.04 Å². The molecule has 3 nitrogen and oxygen atoms in total. The average Bonchev–Trinajstić information content (AvgIpc) is 2.82. The molecule has 0 amide bonds. The van der Waals surface area contributed by atoms with Gasteiger partial charge in [0, 0.05) is 11.4 Å². The Balaban J connectivity index is 2.35. The molecule has 5 heteroatoms. The third-order valence-electron chi connectivity index (χ3n) is 3.48. The molecule has 0 aliphatic heterocycles. The molecular formula is C14H17Cl2NO2. The van der Waals surface area contributed by atoms with Gasteiger partial charge < -0.3 is 14.8 Å². The van der Waals surface area contributed by atoms with Gasteiger partial charge in [-0.1, -0.05) is 12.1 Å². The topological polar surface area (TPSA) is 45.4 Å². The number of alkyl halides is 2. The summed E-state index contributed by atoms with van der Waals surface area (Å²) in [6, 6.07) is 7.29. The summed E-state index contributed by atoms with van der Waals surface area (Å²) >= 11 is 11.6. The lowest BCUT2D eigenvalue weighted by Gasteiger charge is -2.33. The number of halogens is 2. The molecule has 0 saturated carbocycles. The van der Waals surface area contributed by atoms with E-state index in [4.69, 9.17) is 27.6 Å². The Kier molecular flexibility index (Phi) is 4.41. The second-order valence-corrected chi connectivity index (χ2v) is 6.07. The van der Waals surface area contributed by atoms with Gasteiger partial charge in [0.25, 0.3) is 0 Å². The molecular weight excluding hydrogens is 285 g/mol. The molecule has 104 valence electrons. The predicted molar refractivity (Wildman–Crippen MR) is 78.7 cm³/mol. The van der Waals surface area contributed by atoms with Crippen molar-refractivity contribution in [1.29, 1.82) is 0 Å². The lowest BCUT2D eigenvalue weighted by molar-refractivity contribution is 0.0159. The monoisotopic (exact) mass is 301 g/mol. The predicted octanol–water partition coefficient (Wildman–Crippen LogP) is 3.42. The van der Waals surface area contributed by atoms with E-state index in [0.717, 1.165) is 16.5 Å². The fourth-order valence-electron chi connectivity index (χ4n) is 2.28. The smallest absolute Gasteiger partial charge is 0.134 e. The molecule has 2 N–H and O–H groups in total. The second kappa shape index (κ2) is 5.71. The quantitative estimate of drug-likeness (QED) is 0.832. The van der Waals surface area contributed by atoms with Crippen LogP contribution < -0.4 is 5.32 Å². The number of nitrogens with one attached hydrogen (secondary N) is 1. The lowest BCUT2D eigenvalue weighted by atomic mass is 9.86. The SMILES string of the molecule is CNC(CC(Cl)Cl)C(C)(O)c1ccc2ccoc2c1. The summed E-state index contributed by atoms with van der Waals surface area (Å²) in [5.41, 5.74) is 0.432. The van der Waals surface area contributed by atoms with Crippen molar-refractivity contribution in [2.45, 2.75) is 29.8 Å². The zero-order chi connectivity index (χ0) is 14.0. The molecule has 1 heterocycles. The number of furan rings is 1. The van der Waals surface area contributed by atoms with Crippen LogP contribution in [0.2, 0.25) is 0 Å². The number of fused-ring (bicyclic) bond motifs is 1. The van der Waals surface area contributed by atoms with Crippen LogP contribution >= 0.6 is 23.2 Å². The second-order valence-electron chi connectivity index (χ2n) is 4.79. The highest BCUT2D eigenvalue weighted by molar-refractivity contribution is 6.44. The van der Waals surface area contributed by atoms with Crippen LogP contribution in [0, 0.1) is 0 Å². The molecule has 1 aromatic carbocycles. The van der Waals surface area contributed by atoms with Gasteiger partial charge in [-0.15, -0.1) is 23.2 Å². The van der Waals surface area contributed by atoms with E-state index >= 15 is 0 Å². The maximum atomic E-state index is 10.8. The fraction of sp³-hybridized carbons (Fsp3) is 0.429. The highest BCUT2D eigenvalue weighted by atomic mass is 35.5. The first-order valence-electron chi connectivity index (χ1n) is 6.10. The molecule has 0 spiro atoms. The molecule has 1 aromatic heterocycles. The highest BCUT2D eigenvalue weighted by Crippen LogP contribution is 2.31. The third-order valence-corrected chi connectivity index (χ3v) is 3.84. The van der Waals surface area contributed by atoms with Crippen LogP contribution in [0.5, 0.6) is 0 Å². The third kappa shape index (κ3) is 3.06. The van der Waals surface area contributed by atoms with E-state index in [1.54, 1.807) is 20.2 Å². The van der Waals surface area contributed by atoms with Crippen molar-refractivity contribution in [2.75, 3.05) is 7.05 Å². The fourth-order valence-corrected chi connectivity index (χ4v) is 2.63. The Morgan fingerprint density at radius 1 is 1.37 bits per heavy atom. The molecule has 19 heavy (non-hydrogen) atoms. The summed E-state index contributed by atoms with van der Waals surface area (Å²) in [5, 5.41) is 14.8. The summed E-state index contributed by atoms with van der Waals surface area (Å²) < 4.78 is 5.36. The van der Waals surface area contributed by atoms with E-state index in [2.05, 4.69) is 5.32 Å². The van der Waals surface area contributed by atoms with Gasteiger partial charge in [0.1, 0.15) is 16.0 Å². The number of likely N-dealkylation sites (N-methyl/N-ethyl adjacent to an activating group) is 1. The van der Waals surface area contributed by atoms with Gasteiger partial charge in [-0.2, -0.15) is 0 Å². The van der Waals surface area contributed by atoms with Crippen LogP contribution in [-0.4, -0.2) is 23.0 Å². The number of benzene rings is 1. The lowest BCUT2D eigenvalue weighted by Crippen LogP contribution is -2.46. The molecule has 2 atom stereocenters. The van der Waals surface area contributed by atoms with Gasteiger partial charge in [-0.05, 0) is 38.1 Å². The van der Waals surface area contributed by atoms with Gasteiger partial charge in [0.15, 0.2) is 0 Å². The molecule has 2 aromatic rings. The normalized spacial score (nSPS) is 16.7. The molecule has 2 rings (SSSR count). The molecule has 0 aliphatic carbocycles. The van der Waals surface area contributed by atoms with Crippen LogP contribution in [0.1, 0.15) is 18.9 Å². The number of hydrogen-bond acceptors (Lipinski definition) is 3. The molecule has 0 fully saturated rings. The van der Waals surface area contributed by atoms with E-state index in [1.165, 1.54) is 0 Å². The molecule has 0 aliphatic rings. The minimum absolute atomic E-state index is 0.250. The van der Waals surface area contributed by atoms with Crippen LogP contribution in [0.25, 0.3) is 11.0 Å². The summed E-state index contributed by atoms with van der Waals surface area (Å²) in [4.78, 5) is -0.531. The Morgan fingerprint density at radius 2 is 2.11 bits per heavy atom. The van der Waals surface area contributed by atoms with Crippen LogP contribution in [-0.2, 0) is 5.60 Å². The van der Waals surface area contributed by atoms with Crippen LogP contribution in [0.3, 0.4) is 0 Å². The number of aliphatic hydroxyl groups is 1. The maximum Gasteiger partial charge on any atom is 0.134 e. The molecule has 0 radical (unpaired) electrons. The van der Waals surface area contributed by atoms with Crippen molar-refractivity contribution >= 4 is 34.2 Å². The zero-order valence-electron chi connectivity index (χ0n) is 10.9. The Bertz CT molecular complexity index is 551. The van der Waals surface area contributed by atoms with Gasteiger partial charge >= 0.3 is 0 Å². The standard InChI is InChI=1S/C14H17Cl2NO2/c1-14(18,12(17-2)8-13(15)16)10-4-3-9-5-6-19-11(9)7-10/h3-7,12-13,17-18H,8H2,1-2H3. The molecule has 0 saturated heterocycles. The van der Waals surface area contributed by atoms with Crippen molar-refractivity contribution in [1.82, 2.24) is 5.32 Å². The van der Waals surface area contributed by atoms with Gasteiger partial charge in [0.05, 0.1) is 6.26 Å². The molecule has 2 unspecified atom stereocenters. The number of hydrogen-bond donors (Lipinski definition) is 2. The Labute approximate surface area is 122 Å². The Hall–Kier alpha value is -0.740. The van der Waals surface area contributed by atoms with E-state index in [0.29, 0.717) is 6.42 Å². The largest absolute Gasteiger partial charge is 0.464 e. The van der Waals surface area contributed by atoms with Gasteiger partial charge in [-0.3, -0.25) is 0 Å². The van der Waals surface area contributed by atoms with Crippen molar-refractivity contribution in [2.24, 2.45) is 0 Å². The Morgan fingerprint density at radius 3 is 2.74 bits per heavy atom. The van der Waals surface area contributed by atoms with Gasteiger partial charge in [-0.25, -0.2) is 0 Å². The summed E-state index contributed by atoms with van der Waals surface area (Å²) in [7, 11) is 1.78. The van der Waals surface area contributed by atoms with Gasteiger partial charge in [0.2, 0.25) is 0 Å². The first-order valence-corrected chi connectivity index (χ1v) is 6.98. The summed E-state index contributed by atoms with van der Waals surface area (Å²) in [5.74, 6) is 0. The van der Waals surface area contributed by atoms with E-state index < -0.39 is 10.4 Å². The minimum Gasteiger partial charge on any atom is -0.464 e. The summed E-state index contributed by atoms with van der Waals surface area (Å²) in [6.45, 7) is 1.74. The van der Waals surface area contributed by atoms with E-state index in [1.807, 2.05) is 24.3 Å². The summed E-state index contributed by atoms with van der Waals surface area (Å²) in [6.07, 6.45) is 2.08. The van der Waals surface area contributed by atoms with E-state index in [9.17, 15) is 5.11 Å². The van der Waals surface area contributed by atoms with Crippen molar-refractivity contribution < 1.29 is 9.52 Å². The van der Waals surface area contributed by atoms with Crippen LogP contribution in [0.4, 0.5) is 0 Å². The van der Waals surface area contributed by atoms with Crippen molar-refractivity contribution in [3.8, 4) is 0 Å². The highest BCUT2D eigenvalue weighted by Gasteiger charge is 2.34. The minimum atomic E-state index is -1.09. The maximum absolute atomic E-state index is 10.8. The first kappa shape index (κ1) is 14.7. The van der Waals surface area contributed by atoms with Crippen LogP contribution in [0.15, 0.2) is 34.9 Å². The average molecular weight is 302 g/mol. The van der Waals surface area contributed by atoms with Crippen molar-refractivity contribution in [3.05, 3.63) is 36.1 Å². The molecule has 0 bridgehead atoms. The zero-order valence-corrected chi connectivity index (χ0v) is 12.4. The van der Waals surface area contributed by atoms with Crippen molar-refractivity contribution in [3.63, 3.8) is 0 Å².